The lowest BCUT2D eigenvalue weighted by Gasteiger charge is -2.28. The summed E-state index contributed by atoms with van der Waals surface area (Å²) in [6.07, 6.45) is 3.86. The molecule has 0 bridgehead atoms. The van der Waals surface area contributed by atoms with Crippen LogP contribution < -0.4 is 4.90 Å². The van der Waals surface area contributed by atoms with Gasteiger partial charge in [-0.05, 0) is 26.7 Å². The molecule has 0 saturated carbocycles. The van der Waals surface area contributed by atoms with E-state index in [9.17, 15) is 18.1 Å². The molecule has 10 nitrogen and oxygen atoms in total. The van der Waals surface area contributed by atoms with Crippen molar-refractivity contribution in [3.8, 4) is 22.5 Å². The van der Waals surface area contributed by atoms with Crippen molar-refractivity contribution in [1.29, 1.82) is 0 Å². The van der Waals surface area contributed by atoms with Gasteiger partial charge in [-0.3, -0.25) is 9.78 Å². The van der Waals surface area contributed by atoms with E-state index in [1.165, 1.54) is 0 Å². The average molecular weight is 526 g/mol. The number of nitrogens with zero attached hydrogens (tertiary/aromatic N) is 5. The third-order valence-corrected chi connectivity index (χ3v) is 6.44. The minimum atomic E-state index is -4.05. The maximum absolute atomic E-state index is 11.8. The molecule has 0 aliphatic heterocycles. The quantitative estimate of drug-likeness (QED) is 0.184. The average Bonchev–Trinajstić information content (AvgIpc) is 2.88. The molecule has 3 aromatic rings. The number of hydrogen-bond donors (Lipinski definition) is 0. The Morgan fingerprint density at radius 3 is 2.11 bits per heavy atom. The largest absolute Gasteiger partial charge is 0.372 e. The molecule has 1 heterocycles. The molecule has 1 aromatic heterocycles. The van der Waals surface area contributed by atoms with Crippen LogP contribution in [0.4, 0.5) is 5.82 Å². The molecule has 11 heteroatoms. The van der Waals surface area contributed by atoms with Gasteiger partial charge in [0, 0.05) is 30.3 Å². The molecule has 0 fully saturated rings. The molecule has 0 aliphatic carbocycles. The molecule has 196 valence electrons. The highest BCUT2D eigenvalue weighted by Gasteiger charge is 2.24. The van der Waals surface area contributed by atoms with Gasteiger partial charge in [-0.2, -0.15) is 0 Å². The number of nitroso groups, excluding NO2 is 1. The number of sulfonamides is 1. The van der Waals surface area contributed by atoms with Crippen molar-refractivity contribution >= 4 is 21.7 Å². The maximum Gasteiger partial charge on any atom is 0.286 e. The van der Waals surface area contributed by atoms with Gasteiger partial charge in [-0.1, -0.05) is 65.1 Å². The second-order valence-corrected chi connectivity index (χ2v) is 10.5. The first-order valence-electron chi connectivity index (χ1n) is 11.9. The summed E-state index contributed by atoms with van der Waals surface area (Å²) >= 11 is 0. The predicted molar refractivity (Wildman–Crippen MR) is 143 cm³/mol. The molecule has 0 N–H and O–H groups in total. The number of amides is 1. The summed E-state index contributed by atoms with van der Waals surface area (Å²) in [5.74, 6) is -0.269. The van der Waals surface area contributed by atoms with Crippen molar-refractivity contribution < 1.29 is 17.9 Å². The highest BCUT2D eigenvalue weighted by atomic mass is 32.2. The SMILES string of the molecule is CC(C)N(CCCCOCC(=O)N(N=O)S(C)(=O)=O)c1cnc(-c2ccccc2)c(-c2ccccc2)n1. The summed E-state index contributed by atoms with van der Waals surface area (Å²) in [5, 5.41) is 2.25. The maximum atomic E-state index is 11.8. The van der Waals surface area contributed by atoms with E-state index in [0.717, 1.165) is 41.0 Å². The van der Waals surface area contributed by atoms with Gasteiger partial charge in [0.1, 0.15) is 12.4 Å². The molecular formula is C26H31N5O5S. The van der Waals surface area contributed by atoms with E-state index in [0.29, 0.717) is 13.0 Å². The predicted octanol–water partition coefficient (Wildman–Crippen LogP) is 4.29. The molecule has 0 atom stereocenters. The molecule has 37 heavy (non-hydrogen) atoms. The van der Waals surface area contributed by atoms with Crippen LogP contribution in [-0.2, 0) is 19.6 Å². The minimum Gasteiger partial charge on any atom is -0.372 e. The van der Waals surface area contributed by atoms with Crippen LogP contribution in [0, 0.1) is 4.91 Å². The molecular weight excluding hydrogens is 494 g/mol. The zero-order valence-electron chi connectivity index (χ0n) is 21.1. The van der Waals surface area contributed by atoms with Crippen LogP contribution in [0.3, 0.4) is 0 Å². The van der Waals surface area contributed by atoms with Gasteiger partial charge in [-0.15, -0.1) is 4.91 Å². The number of anilines is 1. The number of benzene rings is 2. The van der Waals surface area contributed by atoms with Crippen LogP contribution in [0.25, 0.3) is 22.5 Å². The van der Waals surface area contributed by atoms with Crippen LogP contribution in [0.2, 0.25) is 0 Å². The molecule has 0 radical (unpaired) electrons. The lowest BCUT2D eigenvalue weighted by Crippen LogP contribution is -2.34. The van der Waals surface area contributed by atoms with Crippen LogP contribution in [0.15, 0.2) is 72.1 Å². The molecule has 0 aliphatic rings. The van der Waals surface area contributed by atoms with E-state index < -0.39 is 22.5 Å². The molecule has 0 unspecified atom stereocenters. The van der Waals surface area contributed by atoms with Crippen LogP contribution >= 0.6 is 0 Å². The van der Waals surface area contributed by atoms with E-state index in [1.807, 2.05) is 60.7 Å². The van der Waals surface area contributed by atoms with Crippen LogP contribution in [0.5, 0.6) is 0 Å². The Morgan fingerprint density at radius 1 is 0.973 bits per heavy atom. The Kier molecular flexibility index (Phi) is 9.81. The number of ether oxygens (including phenoxy) is 1. The fourth-order valence-electron chi connectivity index (χ4n) is 3.75. The normalized spacial score (nSPS) is 11.4. The van der Waals surface area contributed by atoms with E-state index in [2.05, 4.69) is 24.0 Å². The van der Waals surface area contributed by atoms with Crippen molar-refractivity contribution in [3.63, 3.8) is 0 Å². The van der Waals surface area contributed by atoms with Gasteiger partial charge in [0.25, 0.3) is 15.9 Å². The monoisotopic (exact) mass is 525 g/mol. The summed E-state index contributed by atoms with van der Waals surface area (Å²) < 4.78 is 27.9. The van der Waals surface area contributed by atoms with Gasteiger partial charge in [0.2, 0.25) is 0 Å². The minimum absolute atomic E-state index is 0.102. The number of unbranched alkanes of at least 4 members (excludes halogenated alkanes) is 1. The topological polar surface area (TPSA) is 122 Å². The first-order valence-corrected chi connectivity index (χ1v) is 13.8. The summed E-state index contributed by atoms with van der Waals surface area (Å²) in [6, 6.07) is 20.1. The number of hydrogen-bond acceptors (Lipinski definition) is 9. The van der Waals surface area contributed by atoms with Crippen molar-refractivity contribution in [2.75, 3.05) is 30.9 Å². The molecule has 3 rings (SSSR count). The Labute approximate surface area is 217 Å². The highest BCUT2D eigenvalue weighted by molar-refractivity contribution is 7.88. The number of carbonyl (C=O) groups is 1. The van der Waals surface area contributed by atoms with Crippen molar-refractivity contribution in [3.05, 3.63) is 71.8 Å². The van der Waals surface area contributed by atoms with Gasteiger partial charge in [0.15, 0.2) is 0 Å². The second kappa shape index (κ2) is 13.0. The van der Waals surface area contributed by atoms with E-state index in [-0.39, 0.29) is 17.1 Å². The third kappa shape index (κ3) is 7.64. The van der Waals surface area contributed by atoms with Gasteiger partial charge in [-0.25, -0.2) is 13.4 Å². The fourth-order valence-corrected chi connectivity index (χ4v) is 4.30. The summed E-state index contributed by atoms with van der Waals surface area (Å²) in [5.41, 5.74) is 3.58. The molecule has 2 aromatic carbocycles. The van der Waals surface area contributed by atoms with E-state index in [4.69, 9.17) is 14.7 Å². The summed E-state index contributed by atoms with van der Waals surface area (Å²) in [6.45, 7) is 4.52. The zero-order valence-corrected chi connectivity index (χ0v) is 22.0. The van der Waals surface area contributed by atoms with E-state index in [1.54, 1.807) is 6.20 Å². The fraction of sp³-hybridized carbons (Fsp3) is 0.346. The Morgan fingerprint density at radius 2 is 1.57 bits per heavy atom. The van der Waals surface area contributed by atoms with Crippen molar-refractivity contribution in [2.45, 2.75) is 32.7 Å². The molecule has 0 spiro atoms. The van der Waals surface area contributed by atoms with Gasteiger partial charge < -0.3 is 9.64 Å². The first-order chi connectivity index (χ1) is 17.7. The Bertz CT molecular complexity index is 1290. The zero-order chi connectivity index (χ0) is 26.8. The summed E-state index contributed by atoms with van der Waals surface area (Å²) in [4.78, 5) is 34.4. The molecule has 1 amide bonds. The standard InChI is InChI=1S/C26H31N5O5S/c1-20(2)30(16-10-11-17-36-19-24(32)31(29-33)37(3,34)35)23-18-27-25(21-12-6-4-7-13-21)26(28-23)22-14-8-5-9-15-22/h4-9,12-15,18,20H,10-11,16-17,19H2,1-3H3. The third-order valence-electron chi connectivity index (χ3n) is 5.54. The summed E-state index contributed by atoms with van der Waals surface area (Å²) in [7, 11) is -4.05. The molecule has 0 saturated heterocycles. The lowest BCUT2D eigenvalue weighted by atomic mass is 10.0. The first kappa shape index (κ1) is 27.9. The van der Waals surface area contributed by atoms with Crippen molar-refractivity contribution in [1.82, 2.24) is 14.4 Å². The highest BCUT2D eigenvalue weighted by Crippen LogP contribution is 2.31. The number of carbonyl (C=O) groups excluding carboxylic acids is 1. The number of aromatic nitrogens is 2. The van der Waals surface area contributed by atoms with Crippen LogP contribution in [-0.4, -0.2) is 60.8 Å². The van der Waals surface area contributed by atoms with E-state index >= 15 is 0 Å². The van der Waals surface area contributed by atoms with Gasteiger partial charge in [0.05, 0.1) is 29.1 Å². The van der Waals surface area contributed by atoms with Gasteiger partial charge >= 0.3 is 0 Å². The lowest BCUT2D eigenvalue weighted by molar-refractivity contribution is -0.131. The van der Waals surface area contributed by atoms with Crippen LogP contribution in [0.1, 0.15) is 26.7 Å². The Balaban J connectivity index is 1.67. The smallest absolute Gasteiger partial charge is 0.286 e. The van der Waals surface area contributed by atoms with Crippen molar-refractivity contribution in [2.24, 2.45) is 5.29 Å². The second-order valence-electron chi connectivity index (χ2n) is 8.69. The Hall–Kier alpha value is -3.70. The number of rotatable bonds is 13.